The van der Waals surface area contributed by atoms with Gasteiger partial charge in [-0.1, -0.05) is 48.8 Å². The molecule has 1 rings (SSSR count). The third kappa shape index (κ3) is 5.02. The second-order valence-electron chi connectivity index (χ2n) is 5.80. The first-order chi connectivity index (χ1) is 9.36. The fourth-order valence-corrected chi connectivity index (χ4v) is 2.25. The van der Waals surface area contributed by atoms with E-state index in [1.807, 2.05) is 38.1 Å². The lowest BCUT2D eigenvalue weighted by atomic mass is 9.86. The monoisotopic (exact) mass is 297 g/mol. The Morgan fingerprint density at radius 3 is 2.65 bits per heavy atom. The molecule has 5 heteroatoms. The van der Waals surface area contributed by atoms with Crippen LogP contribution >= 0.6 is 11.6 Å². The Morgan fingerprint density at radius 2 is 2.05 bits per heavy atom. The molecule has 4 nitrogen and oxygen atoms in total. The number of nitrogens with zero attached hydrogens (tertiary/aromatic N) is 2. The molecule has 0 spiro atoms. The average Bonchev–Trinajstić information content (AvgIpc) is 2.40. The number of oxime groups is 1. The van der Waals surface area contributed by atoms with Crippen LogP contribution in [0.1, 0.15) is 32.3 Å². The molecule has 0 saturated heterocycles. The molecule has 0 aliphatic rings. The van der Waals surface area contributed by atoms with Gasteiger partial charge in [0, 0.05) is 17.0 Å². The minimum Gasteiger partial charge on any atom is -0.409 e. The summed E-state index contributed by atoms with van der Waals surface area (Å²) in [6.07, 6.45) is 1.85. The molecule has 1 aromatic carbocycles. The third-order valence-corrected chi connectivity index (χ3v) is 3.91. The van der Waals surface area contributed by atoms with Crippen molar-refractivity contribution < 1.29 is 5.21 Å². The molecular weight excluding hydrogens is 274 g/mol. The van der Waals surface area contributed by atoms with Gasteiger partial charge in [-0.25, -0.2) is 0 Å². The standard InChI is InChI=1S/C15H24ClN3O/c1-15(2,14(17)18-20)9-6-10-19(3)11-12-7-4-5-8-13(12)16/h4-5,7-8,20H,6,9-11H2,1-3H3,(H2,17,18). The van der Waals surface area contributed by atoms with Crippen molar-refractivity contribution in [3.05, 3.63) is 34.9 Å². The zero-order valence-corrected chi connectivity index (χ0v) is 13.2. The lowest BCUT2D eigenvalue weighted by Crippen LogP contribution is -2.32. The van der Waals surface area contributed by atoms with Crippen molar-refractivity contribution in [1.29, 1.82) is 0 Å². The Kier molecular flexibility index (Phi) is 6.30. The summed E-state index contributed by atoms with van der Waals surface area (Å²) in [4.78, 5) is 2.23. The van der Waals surface area contributed by atoms with Crippen LogP contribution < -0.4 is 5.73 Å². The second kappa shape index (κ2) is 7.50. The maximum absolute atomic E-state index is 8.74. The predicted molar refractivity (Wildman–Crippen MR) is 84.2 cm³/mol. The quantitative estimate of drug-likeness (QED) is 0.351. The number of benzene rings is 1. The van der Waals surface area contributed by atoms with E-state index in [0.29, 0.717) is 0 Å². The van der Waals surface area contributed by atoms with E-state index in [1.54, 1.807) is 0 Å². The summed E-state index contributed by atoms with van der Waals surface area (Å²) < 4.78 is 0. The Bertz CT molecular complexity index is 460. The Labute approximate surface area is 126 Å². The highest BCUT2D eigenvalue weighted by molar-refractivity contribution is 6.31. The molecule has 0 saturated carbocycles. The number of hydrogen-bond acceptors (Lipinski definition) is 3. The van der Waals surface area contributed by atoms with E-state index < -0.39 is 0 Å². The van der Waals surface area contributed by atoms with Gasteiger partial charge < -0.3 is 15.8 Å². The lowest BCUT2D eigenvalue weighted by Gasteiger charge is -2.24. The van der Waals surface area contributed by atoms with E-state index in [2.05, 4.69) is 17.1 Å². The number of nitrogens with two attached hydrogens (primary N) is 1. The highest BCUT2D eigenvalue weighted by Gasteiger charge is 2.23. The van der Waals surface area contributed by atoms with Crippen LogP contribution in [0.15, 0.2) is 29.4 Å². The molecule has 0 radical (unpaired) electrons. The van der Waals surface area contributed by atoms with Crippen molar-refractivity contribution >= 4 is 17.4 Å². The molecule has 20 heavy (non-hydrogen) atoms. The van der Waals surface area contributed by atoms with E-state index >= 15 is 0 Å². The van der Waals surface area contributed by atoms with Gasteiger partial charge in [-0.3, -0.25) is 0 Å². The summed E-state index contributed by atoms with van der Waals surface area (Å²) in [5.74, 6) is 0.284. The number of amidine groups is 1. The van der Waals surface area contributed by atoms with Crippen molar-refractivity contribution in [1.82, 2.24) is 4.90 Å². The Morgan fingerprint density at radius 1 is 1.40 bits per heavy atom. The van der Waals surface area contributed by atoms with Crippen LogP contribution in [0.5, 0.6) is 0 Å². The van der Waals surface area contributed by atoms with E-state index in [4.69, 9.17) is 22.5 Å². The summed E-state index contributed by atoms with van der Waals surface area (Å²) >= 11 is 6.15. The average molecular weight is 298 g/mol. The van der Waals surface area contributed by atoms with Crippen molar-refractivity contribution in [2.24, 2.45) is 16.3 Å². The zero-order valence-electron chi connectivity index (χ0n) is 12.4. The first kappa shape index (κ1) is 16.8. The maximum Gasteiger partial charge on any atom is 0.144 e. The summed E-state index contributed by atoms with van der Waals surface area (Å²) in [5, 5.41) is 12.6. The van der Waals surface area contributed by atoms with Gasteiger partial charge in [0.05, 0.1) is 0 Å². The predicted octanol–water partition coefficient (Wildman–Crippen LogP) is 3.32. The van der Waals surface area contributed by atoms with Gasteiger partial charge in [0.15, 0.2) is 0 Å². The molecule has 3 N–H and O–H groups in total. The van der Waals surface area contributed by atoms with Gasteiger partial charge in [-0.2, -0.15) is 0 Å². The van der Waals surface area contributed by atoms with Crippen molar-refractivity contribution in [3.8, 4) is 0 Å². The number of hydrogen-bond donors (Lipinski definition) is 2. The first-order valence-electron chi connectivity index (χ1n) is 6.77. The van der Waals surface area contributed by atoms with Crippen LogP contribution in [-0.2, 0) is 6.54 Å². The smallest absolute Gasteiger partial charge is 0.144 e. The fourth-order valence-electron chi connectivity index (χ4n) is 2.05. The van der Waals surface area contributed by atoms with E-state index in [-0.39, 0.29) is 11.3 Å². The molecular formula is C15H24ClN3O. The largest absolute Gasteiger partial charge is 0.409 e. The minimum absolute atomic E-state index is 0.278. The van der Waals surface area contributed by atoms with Gasteiger partial charge in [0.25, 0.3) is 0 Å². The fraction of sp³-hybridized carbons (Fsp3) is 0.533. The highest BCUT2D eigenvalue weighted by Crippen LogP contribution is 2.23. The van der Waals surface area contributed by atoms with Gasteiger partial charge in [0.2, 0.25) is 0 Å². The zero-order chi connectivity index (χ0) is 15.2. The molecule has 112 valence electrons. The van der Waals surface area contributed by atoms with Crippen LogP contribution in [0.25, 0.3) is 0 Å². The summed E-state index contributed by atoms with van der Waals surface area (Å²) in [7, 11) is 2.07. The Balaban J connectivity index is 2.41. The molecule has 0 heterocycles. The van der Waals surface area contributed by atoms with Gasteiger partial charge in [-0.15, -0.1) is 0 Å². The summed E-state index contributed by atoms with van der Waals surface area (Å²) in [5.41, 5.74) is 6.53. The molecule has 1 aromatic rings. The van der Waals surface area contributed by atoms with Gasteiger partial charge in [0.1, 0.15) is 5.84 Å². The normalized spacial score (nSPS) is 12.9. The number of rotatable bonds is 7. The van der Waals surface area contributed by atoms with E-state index in [1.165, 1.54) is 0 Å². The Hall–Kier alpha value is -1.26. The first-order valence-corrected chi connectivity index (χ1v) is 7.14. The van der Waals surface area contributed by atoms with E-state index in [0.717, 1.165) is 36.5 Å². The molecule has 0 aromatic heterocycles. The summed E-state index contributed by atoms with van der Waals surface area (Å²) in [6, 6.07) is 7.88. The summed E-state index contributed by atoms with van der Waals surface area (Å²) in [6.45, 7) is 5.73. The molecule has 0 amide bonds. The minimum atomic E-state index is -0.278. The topological polar surface area (TPSA) is 61.8 Å². The third-order valence-electron chi connectivity index (χ3n) is 3.54. The van der Waals surface area contributed by atoms with Crippen molar-refractivity contribution in [2.75, 3.05) is 13.6 Å². The van der Waals surface area contributed by atoms with Crippen LogP contribution in [0, 0.1) is 5.41 Å². The van der Waals surface area contributed by atoms with Gasteiger partial charge in [-0.05, 0) is 38.1 Å². The lowest BCUT2D eigenvalue weighted by molar-refractivity contribution is 0.287. The number of halogens is 1. The maximum atomic E-state index is 8.74. The molecule has 0 aliphatic heterocycles. The molecule has 0 fully saturated rings. The van der Waals surface area contributed by atoms with Gasteiger partial charge >= 0.3 is 0 Å². The molecule has 0 unspecified atom stereocenters. The van der Waals surface area contributed by atoms with Crippen LogP contribution in [0.2, 0.25) is 5.02 Å². The second-order valence-corrected chi connectivity index (χ2v) is 6.21. The van der Waals surface area contributed by atoms with E-state index in [9.17, 15) is 0 Å². The van der Waals surface area contributed by atoms with Crippen LogP contribution in [0.3, 0.4) is 0 Å². The molecule has 0 aliphatic carbocycles. The SMILES string of the molecule is CN(CCCC(C)(C)C(N)=NO)Cc1ccccc1Cl. The van der Waals surface area contributed by atoms with Crippen LogP contribution in [-0.4, -0.2) is 29.5 Å². The molecule has 0 bridgehead atoms. The van der Waals surface area contributed by atoms with Crippen molar-refractivity contribution in [2.45, 2.75) is 33.2 Å². The highest BCUT2D eigenvalue weighted by atomic mass is 35.5. The van der Waals surface area contributed by atoms with Crippen molar-refractivity contribution in [3.63, 3.8) is 0 Å². The van der Waals surface area contributed by atoms with Crippen LogP contribution in [0.4, 0.5) is 0 Å². The molecule has 0 atom stereocenters.